The lowest BCUT2D eigenvalue weighted by molar-refractivity contribution is -0.138. The molecule has 2 N–H and O–H groups in total. The predicted molar refractivity (Wildman–Crippen MR) is 78.8 cm³/mol. The van der Waals surface area contributed by atoms with Crippen LogP contribution in [0.4, 0.5) is 5.69 Å². The second-order valence-electron chi connectivity index (χ2n) is 4.75. The molecule has 5 nitrogen and oxygen atoms in total. The Labute approximate surface area is 119 Å². The molecule has 1 amide bonds. The second-order valence-corrected chi connectivity index (χ2v) is 4.75. The van der Waals surface area contributed by atoms with Gasteiger partial charge in [-0.1, -0.05) is 25.1 Å². The summed E-state index contributed by atoms with van der Waals surface area (Å²) in [4.78, 5) is 24.7. The summed E-state index contributed by atoms with van der Waals surface area (Å²) in [6.07, 6.45) is 0.0375. The van der Waals surface area contributed by atoms with Crippen LogP contribution in [-0.2, 0) is 9.59 Å². The Morgan fingerprint density at radius 3 is 2.55 bits per heavy atom. The van der Waals surface area contributed by atoms with Crippen molar-refractivity contribution >= 4 is 17.6 Å². The zero-order valence-electron chi connectivity index (χ0n) is 12.2. The van der Waals surface area contributed by atoms with Crippen molar-refractivity contribution in [3.63, 3.8) is 0 Å². The first-order chi connectivity index (χ1) is 9.45. The van der Waals surface area contributed by atoms with Gasteiger partial charge >= 0.3 is 5.97 Å². The van der Waals surface area contributed by atoms with Crippen LogP contribution in [0.15, 0.2) is 24.3 Å². The van der Waals surface area contributed by atoms with E-state index in [2.05, 4.69) is 5.32 Å². The molecule has 1 aromatic rings. The first kappa shape index (κ1) is 16.2. The molecular weight excluding hydrogens is 256 g/mol. The number of likely N-dealkylation sites (N-methyl/N-ethyl adjacent to an activating group) is 1. The van der Waals surface area contributed by atoms with E-state index in [-0.39, 0.29) is 18.4 Å². The van der Waals surface area contributed by atoms with E-state index < -0.39 is 5.97 Å². The van der Waals surface area contributed by atoms with Gasteiger partial charge in [0.1, 0.15) is 0 Å². The van der Waals surface area contributed by atoms with E-state index in [1.165, 1.54) is 0 Å². The van der Waals surface area contributed by atoms with Gasteiger partial charge in [0.15, 0.2) is 0 Å². The molecule has 0 aliphatic heterocycles. The molecule has 0 saturated carbocycles. The molecule has 0 bridgehead atoms. The number of aliphatic carboxylic acids is 1. The van der Waals surface area contributed by atoms with E-state index in [0.717, 1.165) is 11.3 Å². The number of hydrogen-bond donors (Lipinski definition) is 2. The largest absolute Gasteiger partial charge is 0.481 e. The number of benzene rings is 1. The molecule has 20 heavy (non-hydrogen) atoms. The van der Waals surface area contributed by atoms with Crippen molar-refractivity contribution in [3.05, 3.63) is 29.8 Å². The van der Waals surface area contributed by atoms with Crippen molar-refractivity contribution in [2.75, 3.05) is 18.4 Å². The monoisotopic (exact) mass is 278 g/mol. The number of amides is 1. The number of nitrogens with one attached hydrogen (secondary N) is 1. The van der Waals surface area contributed by atoms with Gasteiger partial charge in [0.2, 0.25) is 5.91 Å². The smallest absolute Gasteiger partial charge is 0.304 e. The lowest BCUT2D eigenvalue weighted by Gasteiger charge is -2.26. The van der Waals surface area contributed by atoms with Gasteiger partial charge in [-0.15, -0.1) is 0 Å². The molecule has 1 aromatic carbocycles. The summed E-state index contributed by atoms with van der Waals surface area (Å²) in [6.45, 7) is 6.64. The standard InChI is InChI=1S/C15H22N2O3/c1-4-17(10-9-14(18)19)12(3)15(20)16-13-8-6-5-7-11(13)2/h5-8,12H,4,9-10H2,1-3H3,(H,16,20)(H,18,19). The number of nitrogens with zero attached hydrogens (tertiary/aromatic N) is 1. The number of carboxylic acids is 1. The van der Waals surface area contributed by atoms with Gasteiger partial charge in [-0.25, -0.2) is 0 Å². The Bertz CT molecular complexity index is 474. The fraction of sp³-hybridized carbons (Fsp3) is 0.467. The molecule has 0 spiro atoms. The summed E-state index contributed by atoms with van der Waals surface area (Å²) >= 11 is 0. The van der Waals surface area contributed by atoms with Crippen LogP contribution in [0, 0.1) is 6.92 Å². The zero-order chi connectivity index (χ0) is 15.1. The predicted octanol–water partition coefficient (Wildman–Crippen LogP) is 2.12. The van der Waals surface area contributed by atoms with Crippen LogP contribution in [0.2, 0.25) is 0 Å². The van der Waals surface area contributed by atoms with E-state index in [0.29, 0.717) is 13.1 Å². The van der Waals surface area contributed by atoms with Gasteiger partial charge in [0, 0.05) is 12.2 Å². The SMILES string of the molecule is CCN(CCC(=O)O)C(C)C(=O)Nc1ccccc1C. The van der Waals surface area contributed by atoms with Gasteiger partial charge in [-0.05, 0) is 32.0 Å². The van der Waals surface area contributed by atoms with Crippen LogP contribution < -0.4 is 5.32 Å². The molecule has 0 aliphatic rings. The van der Waals surface area contributed by atoms with Crippen LogP contribution in [-0.4, -0.2) is 41.0 Å². The highest BCUT2D eigenvalue weighted by atomic mass is 16.4. The summed E-state index contributed by atoms with van der Waals surface area (Å²) in [6, 6.07) is 7.21. The number of carboxylic acid groups (broad SMARTS) is 1. The number of carbonyl (C=O) groups excluding carboxylic acids is 1. The molecule has 1 unspecified atom stereocenters. The minimum atomic E-state index is -0.852. The topological polar surface area (TPSA) is 69.6 Å². The first-order valence-corrected chi connectivity index (χ1v) is 6.78. The fourth-order valence-electron chi connectivity index (χ4n) is 1.98. The molecule has 0 radical (unpaired) electrons. The molecule has 0 heterocycles. The average molecular weight is 278 g/mol. The summed E-state index contributed by atoms with van der Waals surface area (Å²) in [5.74, 6) is -0.971. The third kappa shape index (κ3) is 4.66. The minimum absolute atomic E-state index is 0.0375. The maximum atomic E-state index is 12.2. The number of carbonyl (C=O) groups is 2. The number of aryl methyl sites for hydroxylation is 1. The quantitative estimate of drug-likeness (QED) is 0.801. The Morgan fingerprint density at radius 1 is 1.35 bits per heavy atom. The average Bonchev–Trinajstić information content (AvgIpc) is 2.41. The Kier molecular flexibility index (Phi) is 6.18. The third-order valence-electron chi connectivity index (χ3n) is 3.35. The molecule has 110 valence electrons. The molecule has 0 saturated heterocycles. The van der Waals surface area contributed by atoms with Gasteiger partial charge in [-0.3, -0.25) is 14.5 Å². The molecule has 5 heteroatoms. The molecule has 0 aromatic heterocycles. The van der Waals surface area contributed by atoms with E-state index in [1.807, 2.05) is 43.0 Å². The lowest BCUT2D eigenvalue weighted by atomic mass is 10.2. The van der Waals surface area contributed by atoms with Crippen molar-refractivity contribution in [1.82, 2.24) is 4.90 Å². The summed E-state index contributed by atoms with van der Waals surface area (Å²) < 4.78 is 0. The highest BCUT2D eigenvalue weighted by Gasteiger charge is 2.20. The van der Waals surface area contributed by atoms with Gasteiger partial charge in [0.05, 0.1) is 12.5 Å². The van der Waals surface area contributed by atoms with Gasteiger partial charge in [-0.2, -0.15) is 0 Å². The highest BCUT2D eigenvalue weighted by molar-refractivity contribution is 5.95. The normalized spacial score (nSPS) is 12.2. The molecular formula is C15H22N2O3. The van der Waals surface area contributed by atoms with Crippen molar-refractivity contribution in [2.24, 2.45) is 0 Å². The lowest BCUT2D eigenvalue weighted by Crippen LogP contribution is -2.43. The van der Waals surface area contributed by atoms with Crippen molar-refractivity contribution in [1.29, 1.82) is 0 Å². The van der Waals surface area contributed by atoms with Crippen LogP contribution in [0.3, 0.4) is 0 Å². The van der Waals surface area contributed by atoms with E-state index in [4.69, 9.17) is 5.11 Å². The first-order valence-electron chi connectivity index (χ1n) is 6.78. The molecule has 1 atom stereocenters. The van der Waals surface area contributed by atoms with Crippen LogP contribution in [0.5, 0.6) is 0 Å². The van der Waals surface area contributed by atoms with Gasteiger partial charge in [0.25, 0.3) is 0 Å². The van der Waals surface area contributed by atoms with Crippen LogP contribution >= 0.6 is 0 Å². The molecule has 0 aliphatic carbocycles. The van der Waals surface area contributed by atoms with Gasteiger partial charge < -0.3 is 10.4 Å². The van der Waals surface area contributed by atoms with Crippen molar-refractivity contribution in [3.8, 4) is 0 Å². The Hall–Kier alpha value is -1.88. The third-order valence-corrected chi connectivity index (χ3v) is 3.35. The summed E-state index contributed by atoms with van der Waals surface area (Å²) in [5, 5.41) is 11.6. The van der Waals surface area contributed by atoms with Crippen LogP contribution in [0.1, 0.15) is 25.8 Å². The van der Waals surface area contributed by atoms with E-state index in [1.54, 1.807) is 6.92 Å². The number of rotatable bonds is 7. The molecule has 0 fully saturated rings. The van der Waals surface area contributed by atoms with Crippen molar-refractivity contribution in [2.45, 2.75) is 33.2 Å². The summed E-state index contributed by atoms with van der Waals surface area (Å²) in [5.41, 5.74) is 1.79. The van der Waals surface area contributed by atoms with Crippen molar-refractivity contribution < 1.29 is 14.7 Å². The maximum Gasteiger partial charge on any atom is 0.304 e. The fourth-order valence-corrected chi connectivity index (χ4v) is 1.98. The maximum absolute atomic E-state index is 12.2. The molecule has 1 rings (SSSR count). The Balaban J connectivity index is 2.65. The Morgan fingerprint density at radius 2 is 2.00 bits per heavy atom. The number of para-hydroxylation sites is 1. The van der Waals surface area contributed by atoms with Crippen LogP contribution in [0.25, 0.3) is 0 Å². The van der Waals surface area contributed by atoms with E-state index in [9.17, 15) is 9.59 Å². The summed E-state index contributed by atoms with van der Waals surface area (Å²) in [7, 11) is 0. The highest BCUT2D eigenvalue weighted by Crippen LogP contribution is 2.14. The number of hydrogen-bond acceptors (Lipinski definition) is 3. The minimum Gasteiger partial charge on any atom is -0.481 e. The second kappa shape index (κ2) is 7.65. The number of anilines is 1. The zero-order valence-corrected chi connectivity index (χ0v) is 12.2. The van der Waals surface area contributed by atoms with E-state index >= 15 is 0 Å².